The third-order valence-electron chi connectivity index (χ3n) is 2.73. The minimum atomic E-state index is -0.942. The van der Waals surface area contributed by atoms with Crippen LogP contribution < -0.4 is 10.6 Å². The minimum absolute atomic E-state index is 0.140. The quantitative estimate of drug-likeness (QED) is 0.692. The highest BCUT2D eigenvalue weighted by molar-refractivity contribution is 14.1. The maximum atomic E-state index is 12.0. The monoisotopic (exact) mass is 396 g/mol. The number of hydrogen-bond donors (Lipinski definition) is 3. The second kappa shape index (κ2) is 7.07. The topological polar surface area (TPSA) is 78.4 Å². The van der Waals surface area contributed by atoms with E-state index in [9.17, 15) is 9.59 Å². The van der Waals surface area contributed by atoms with Crippen LogP contribution in [0, 0.1) is 3.57 Å². The number of rotatable bonds is 4. The summed E-state index contributed by atoms with van der Waals surface area (Å²) in [7, 11) is 0. The Morgan fingerprint density at radius 1 is 0.952 bits per heavy atom. The minimum Gasteiger partial charge on any atom is -0.481 e. The van der Waals surface area contributed by atoms with E-state index in [0.717, 1.165) is 3.57 Å². The first-order valence-electron chi connectivity index (χ1n) is 6.18. The third-order valence-corrected chi connectivity index (χ3v) is 3.67. The van der Waals surface area contributed by atoms with Crippen LogP contribution >= 0.6 is 22.6 Å². The van der Waals surface area contributed by atoms with E-state index in [1.54, 1.807) is 30.3 Å². The summed E-state index contributed by atoms with van der Waals surface area (Å²) in [5.41, 5.74) is 1.75. The molecule has 2 aromatic carbocycles. The van der Waals surface area contributed by atoms with Gasteiger partial charge in [-0.1, -0.05) is 30.3 Å². The van der Waals surface area contributed by atoms with E-state index in [4.69, 9.17) is 5.11 Å². The van der Waals surface area contributed by atoms with E-state index in [2.05, 4.69) is 33.2 Å². The Kier molecular flexibility index (Phi) is 5.15. The van der Waals surface area contributed by atoms with Crippen molar-refractivity contribution >= 4 is 46.0 Å². The van der Waals surface area contributed by atoms with Gasteiger partial charge in [0.25, 0.3) is 0 Å². The van der Waals surface area contributed by atoms with Crippen LogP contribution in [-0.2, 0) is 11.2 Å². The third kappa shape index (κ3) is 4.45. The van der Waals surface area contributed by atoms with Crippen molar-refractivity contribution in [2.45, 2.75) is 6.42 Å². The van der Waals surface area contributed by atoms with Gasteiger partial charge in [-0.3, -0.25) is 4.79 Å². The summed E-state index contributed by atoms with van der Waals surface area (Å²) in [6.45, 7) is 0. The molecule has 0 atom stereocenters. The molecule has 0 unspecified atom stereocenters. The van der Waals surface area contributed by atoms with Gasteiger partial charge in [-0.2, -0.15) is 0 Å². The number of carbonyl (C=O) groups excluding carboxylic acids is 1. The van der Waals surface area contributed by atoms with Crippen LogP contribution in [0.25, 0.3) is 0 Å². The lowest BCUT2D eigenvalue weighted by atomic mass is 10.1. The van der Waals surface area contributed by atoms with Crippen LogP contribution in [0.5, 0.6) is 0 Å². The highest BCUT2D eigenvalue weighted by Gasteiger charge is 2.10. The van der Waals surface area contributed by atoms with E-state index in [0.29, 0.717) is 16.9 Å². The molecule has 3 N–H and O–H groups in total. The lowest BCUT2D eigenvalue weighted by Crippen LogP contribution is -2.21. The summed E-state index contributed by atoms with van der Waals surface area (Å²) >= 11 is 2.13. The Morgan fingerprint density at radius 2 is 1.52 bits per heavy atom. The number of halogens is 1. The van der Waals surface area contributed by atoms with E-state index in [-0.39, 0.29) is 6.42 Å². The average Bonchev–Trinajstić information content (AvgIpc) is 2.43. The van der Waals surface area contributed by atoms with Crippen LogP contribution in [0.15, 0.2) is 48.5 Å². The van der Waals surface area contributed by atoms with E-state index in [1.807, 2.05) is 18.2 Å². The molecule has 0 aromatic heterocycles. The largest absolute Gasteiger partial charge is 0.481 e. The summed E-state index contributed by atoms with van der Waals surface area (Å²) in [5.74, 6) is -0.942. The fourth-order valence-electron chi connectivity index (χ4n) is 1.80. The first-order chi connectivity index (χ1) is 10.1. The molecule has 0 spiro atoms. The van der Waals surface area contributed by atoms with Crippen LogP contribution in [0.2, 0.25) is 0 Å². The van der Waals surface area contributed by atoms with E-state index >= 15 is 0 Å². The van der Waals surface area contributed by atoms with Crippen molar-refractivity contribution in [2.75, 3.05) is 10.6 Å². The van der Waals surface area contributed by atoms with Crippen molar-refractivity contribution in [3.63, 3.8) is 0 Å². The van der Waals surface area contributed by atoms with Crippen molar-refractivity contribution in [3.8, 4) is 0 Å². The molecule has 21 heavy (non-hydrogen) atoms. The molecule has 0 heterocycles. The van der Waals surface area contributed by atoms with Gasteiger partial charge in [-0.25, -0.2) is 4.79 Å². The second-order valence-electron chi connectivity index (χ2n) is 4.29. The Bertz CT molecular complexity index is 673. The number of carboxylic acid groups (broad SMARTS) is 1. The zero-order valence-electron chi connectivity index (χ0n) is 11.0. The lowest BCUT2D eigenvalue weighted by molar-refractivity contribution is -0.136. The van der Waals surface area contributed by atoms with Crippen molar-refractivity contribution in [1.29, 1.82) is 0 Å². The summed E-state index contributed by atoms with van der Waals surface area (Å²) in [5, 5.41) is 14.3. The maximum Gasteiger partial charge on any atom is 0.323 e. The fraction of sp³-hybridized carbons (Fsp3) is 0.0667. The highest BCUT2D eigenvalue weighted by atomic mass is 127. The number of amides is 2. The molecule has 2 aromatic rings. The van der Waals surface area contributed by atoms with Crippen LogP contribution in [0.4, 0.5) is 16.2 Å². The lowest BCUT2D eigenvalue weighted by Gasteiger charge is -2.11. The van der Waals surface area contributed by atoms with E-state index < -0.39 is 12.0 Å². The number of aliphatic carboxylic acids is 1. The van der Waals surface area contributed by atoms with Crippen LogP contribution in [-0.4, -0.2) is 17.1 Å². The van der Waals surface area contributed by atoms with Gasteiger partial charge < -0.3 is 15.7 Å². The summed E-state index contributed by atoms with van der Waals surface area (Å²) < 4.78 is 0.920. The molecule has 2 rings (SSSR count). The number of anilines is 2. The van der Waals surface area contributed by atoms with Crippen LogP contribution in [0.1, 0.15) is 5.56 Å². The van der Waals surface area contributed by atoms with Crippen LogP contribution in [0.3, 0.4) is 0 Å². The highest BCUT2D eigenvalue weighted by Crippen LogP contribution is 2.19. The second-order valence-corrected chi connectivity index (χ2v) is 5.45. The zero-order chi connectivity index (χ0) is 15.2. The Balaban J connectivity index is 2.10. The maximum absolute atomic E-state index is 12.0. The van der Waals surface area contributed by atoms with Crippen molar-refractivity contribution in [1.82, 2.24) is 0 Å². The Morgan fingerprint density at radius 3 is 2.19 bits per heavy atom. The van der Waals surface area contributed by atoms with Crippen molar-refractivity contribution in [2.24, 2.45) is 0 Å². The summed E-state index contributed by atoms with van der Waals surface area (Å²) in [6, 6.07) is 13.8. The standard InChI is InChI=1S/C15H13IN2O3/c16-11-6-2-4-8-13(11)18-15(21)17-12-7-3-1-5-10(12)9-14(19)20/h1-8H,9H2,(H,19,20)(H2,17,18,21). The summed E-state index contributed by atoms with van der Waals surface area (Å²) in [6.07, 6.45) is -0.140. The van der Waals surface area contributed by atoms with Gasteiger partial charge in [-0.05, 0) is 46.4 Å². The number of carbonyl (C=O) groups is 2. The first-order valence-corrected chi connectivity index (χ1v) is 7.26. The number of benzene rings is 2. The summed E-state index contributed by atoms with van der Waals surface area (Å²) in [4.78, 5) is 22.8. The SMILES string of the molecule is O=C(O)Cc1ccccc1NC(=O)Nc1ccccc1I. The molecule has 0 fully saturated rings. The smallest absolute Gasteiger partial charge is 0.323 e. The molecule has 2 amide bonds. The number of urea groups is 1. The average molecular weight is 396 g/mol. The van der Waals surface area contributed by atoms with Gasteiger partial charge in [0.2, 0.25) is 0 Å². The molecule has 0 bridgehead atoms. The Labute approximate surface area is 135 Å². The molecule has 0 aliphatic carbocycles. The Hall–Kier alpha value is -2.09. The predicted octanol–water partition coefficient (Wildman–Crippen LogP) is 3.56. The zero-order valence-corrected chi connectivity index (χ0v) is 13.1. The number of para-hydroxylation sites is 2. The van der Waals surface area contributed by atoms with Gasteiger partial charge >= 0.3 is 12.0 Å². The predicted molar refractivity (Wildman–Crippen MR) is 89.6 cm³/mol. The molecule has 0 radical (unpaired) electrons. The molecular weight excluding hydrogens is 383 g/mol. The fourth-order valence-corrected chi connectivity index (χ4v) is 2.32. The van der Waals surface area contributed by atoms with Gasteiger partial charge in [0.1, 0.15) is 0 Å². The van der Waals surface area contributed by atoms with Gasteiger partial charge in [-0.15, -0.1) is 0 Å². The molecule has 0 aliphatic heterocycles. The number of nitrogens with one attached hydrogen (secondary N) is 2. The number of hydrogen-bond acceptors (Lipinski definition) is 2. The first kappa shape index (κ1) is 15.3. The molecule has 0 saturated heterocycles. The molecular formula is C15H13IN2O3. The van der Waals surface area contributed by atoms with Gasteiger partial charge in [0, 0.05) is 9.26 Å². The van der Waals surface area contributed by atoms with Crippen molar-refractivity contribution < 1.29 is 14.7 Å². The molecule has 108 valence electrons. The molecule has 0 saturated carbocycles. The number of carboxylic acids is 1. The van der Waals surface area contributed by atoms with E-state index in [1.165, 1.54) is 0 Å². The molecule has 6 heteroatoms. The normalized spacial score (nSPS) is 9.95. The van der Waals surface area contributed by atoms with Gasteiger partial charge in [0.05, 0.1) is 12.1 Å². The molecule has 0 aliphatic rings. The van der Waals surface area contributed by atoms with Crippen molar-refractivity contribution in [3.05, 3.63) is 57.7 Å². The molecule has 5 nitrogen and oxygen atoms in total. The van der Waals surface area contributed by atoms with Gasteiger partial charge in [0.15, 0.2) is 0 Å².